The summed E-state index contributed by atoms with van der Waals surface area (Å²) in [6.07, 6.45) is 5.27. The molecule has 0 N–H and O–H groups in total. The van der Waals surface area contributed by atoms with Gasteiger partial charge in [-0.1, -0.05) is 19.4 Å². The van der Waals surface area contributed by atoms with E-state index in [1.165, 1.54) is 6.42 Å². The molecule has 11 heavy (non-hydrogen) atoms. The van der Waals surface area contributed by atoms with E-state index in [0.29, 0.717) is 17.6 Å². The van der Waals surface area contributed by atoms with Gasteiger partial charge in [0.25, 0.3) is 0 Å². The fourth-order valence-electron chi connectivity index (χ4n) is 2.79. The summed E-state index contributed by atoms with van der Waals surface area (Å²) in [5.41, 5.74) is -0.0943. The van der Waals surface area contributed by atoms with Crippen molar-refractivity contribution in [1.82, 2.24) is 0 Å². The maximum Gasteiger partial charge on any atom is 0.146 e. The molecule has 1 heteroatoms. The number of allylic oxidation sites excluding steroid dienone is 1. The molecule has 3 aliphatic carbocycles. The maximum absolute atomic E-state index is 11.5. The van der Waals surface area contributed by atoms with E-state index in [9.17, 15) is 4.79 Å². The van der Waals surface area contributed by atoms with Crippen LogP contribution in [0.25, 0.3) is 0 Å². The molecule has 0 aromatic carbocycles. The lowest BCUT2D eigenvalue weighted by Gasteiger charge is -2.54. The van der Waals surface area contributed by atoms with Crippen molar-refractivity contribution in [3.05, 3.63) is 12.7 Å². The van der Waals surface area contributed by atoms with Crippen molar-refractivity contribution in [1.29, 1.82) is 0 Å². The van der Waals surface area contributed by atoms with Gasteiger partial charge in [0, 0.05) is 5.92 Å². The van der Waals surface area contributed by atoms with Gasteiger partial charge in [0.1, 0.15) is 5.78 Å². The van der Waals surface area contributed by atoms with Gasteiger partial charge >= 0.3 is 0 Å². The van der Waals surface area contributed by atoms with Crippen LogP contribution in [0.1, 0.15) is 26.2 Å². The molecule has 2 bridgehead atoms. The Hall–Kier alpha value is -0.590. The van der Waals surface area contributed by atoms with Crippen LogP contribution in [-0.2, 0) is 4.79 Å². The highest BCUT2D eigenvalue weighted by Gasteiger charge is 2.59. The first kappa shape index (κ1) is 7.08. The number of carbonyl (C=O) groups excluding carboxylic acids is 1. The third-order valence-electron chi connectivity index (χ3n) is 3.68. The molecule has 0 amide bonds. The second kappa shape index (κ2) is 1.96. The van der Waals surface area contributed by atoms with E-state index in [1.807, 2.05) is 6.08 Å². The second-order valence-corrected chi connectivity index (χ2v) is 3.90. The van der Waals surface area contributed by atoms with Crippen molar-refractivity contribution < 1.29 is 4.79 Å². The Labute approximate surface area is 67.5 Å². The van der Waals surface area contributed by atoms with Gasteiger partial charge in [-0.05, 0) is 18.8 Å². The number of hydrogen-bond acceptors (Lipinski definition) is 1. The Balaban J connectivity index is 2.32. The van der Waals surface area contributed by atoms with Gasteiger partial charge in [-0.15, -0.1) is 6.58 Å². The monoisotopic (exact) mass is 150 g/mol. The van der Waals surface area contributed by atoms with Crippen LogP contribution >= 0.6 is 0 Å². The van der Waals surface area contributed by atoms with E-state index in [4.69, 9.17) is 0 Å². The van der Waals surface area contributed by atoms with Crippen LogP contribution < -0.4 is 0 Å². The van der Waals surface area contributed by atoms with Crippen molar-refractivity contribution in [2.75, 3.05) is 0 Å². The molecule has 3 atom stereocenters. The predicted molar refractivity (Wildman–Crippen MR) is 44.1 cm³/mol. The van der Waals surface area contributed by atoms with Gasteiger partial charge in [-0.2, -0.15) is 0 Å². The molecule has 3 saturated carbocycles. The molecule has 0 spiro atoms. The summed E-state index contributed by atoms with van der Waals surface area (Å²) in [7, 11) is 0. The molecule has 3 fully saturated rings. The third-order valence-corrected chi connectivity index (χ3v) is 3.68. The van der Waals surface area contributed by atoms with Gasteiger partial charge in [-0.3, -0.25) is 4.79 Å². The summed E-state index contributed by atoms with van der Waals surface area (Å²) < 4.78 is 0. The highest BCUT2D eigenvalue weighted by atomic mass is 16.1. The Bertz CT molecular complexity index is 219. The zero-order valence-electron chi connectivity index (χ0n) is 6.97. The van der Waals surface area contributed by atoms with Gasteiger partial charge in [0.05, 0.1) is 5.41 Å². The van der Waals surface area contributed by atoms with Crippen molar-refractivity contribution in [3.63, 3.8) is 0 Å². The molecule has 3 aliphatic rings. The van der Waals surface area contributed by atoms with Gasteiger partial charge in [0.2, 0.25) is 0 Å². The summed E-state index contributed by atoms with van der Waals surface area (Å²) in [5, 5.41) is 0. The Morgan fingerprint density at radius 3 is 2.82 bits per heavy atom. The molecular formula is C10H14O. The van der Waals surface area contributed by atoms with E-state index in [0.717, 1.165) is 12.8 Å². The molecule has 0 aromatic heterocycles. The van der Waals surface area contributed by atoms with Crippen LogP contribution in [-0.4, -0.2) is 5.78 Å². The van der Waals surface area contributed by atoms with Crippen molar-refractivity contribution in [2.24, 2.45) is 17.3 Å². The zero-order chi connectivity index (χ0) is 8.06. The van der Waals surface area contributed by atoms with Gasteiger partial charge in [-0.25, -0.2) is 0 Å². The molecule has 0 heterocycles. The van der Waals surface area contributed by atoms with Crippen molar-refractivity contribution in [2.45, 2.75) is 26.2 Å². The molecule has 0 radical (unpaired) electrons. The van der Waals surface area contributed by atoms with E-state index in [2.05, 4.69) is 13.5 Å². The Kier molecular flexibility index (Phi) is 1.26. The Morgan fingerprint density at radius 2 is 2.45 bits per heavy atom. The van der Waals surface area contributed by atoms with E-state index < -0.39 is 0 Å². The highest BCUT2D eigenvalue weighted by Crippen LogP contribution is 2.57. The van der Waals surface area contributed by atoms with Crippen molar-refractivity contribution >= 4 is 5.78 Å². The molecule has 0 saturated heterocycles. The van der Waals surface area contributed by atoms with Gasteiger partial charge < -0.3 is 0 Å². The van der Waals surface area contributed by atoms with Gasteiger partial charge in [0.15, 0.2) is 0 Å². The predicted octanol–water partition coefficient (Wildman–Crippen LogP) is 2.18. The highest BCUT2D eigenvalue weighted by molar-refractivity contribution is 5.96. The minimum absolute atomic E-state index is 0.0943. The fraction of sp³-hybridized carbons (Fsp3) is 0.700. The minimum atomic E-state index is -0.0943. The zero-order valence-corrected chi connectivity index (χ0v) is 6.97. The van der Waals surface area contributed by atoms with E-state index in [1.54, 1.807) is 0 Å². The average molecular weight is 150 g/mol. The molecule has 3 unspecified atom stereocenters. The molecule has 1 nitrogen and oxygen atoms in total. The van der Waals surface area contributed by atoms with E-state index >= 15 is 0 Å². The minimum Gasteiger partial charge on any atom is -0.298 e. The smallest absolute Gasteiger partial charge is 0.146 e. The topological polar surface area (TPSA) is 17.1 Å². The second-order valence-electron chi connectivity index (χ2n) is 3.90. The summed E-state index contributed by atoms with van der Waals surface area (Å²) >= 11 is 0. The Morgan fingerprint density at radius 1 is 1.73 bits per heavy atom. The number of Topliss-reactive ketones (excluding diaryl/α,β-unsaturated/α-hetero) is 1. The fourth-order valence-corrected chi connectivity index (χ4v) is 2.79. The summed E-state index contributed by atoms with van der Waals surface area (Å²) in [4.78, 5) is 11.5. The molecular weight excluding hydrogens is 136 g/mol. The maximum atomic E-state index is 11.5. The standard InChI is InChI=1S/C10H14O/c1-3-10-6-4-5-8(7(10)2)9(10)11/h3,7-8H,1,4-6H2,2H3. The van der Waals surface area contributed by atoms with Crippen LogP contribution in [0.15, 0.2) is 12.7 Å². The number of rotatable bonds is 1. The molecule has 3 rings (SSSR count). The number of hydrogen-bond donors (Lipinski definition) is 0. The average Bonchev–Trinajstić information content (AvgIpc) is 2.07. The lowest BCUT2D eigenvalue weighted by atomic mass is 9.47. The van der Waals surface area contributed by atoms with Crippen LogP contribution in [0.3, 0.4) is 0 Å². The van der Waals surface area contributed by atoms with Crippen LogP contribution in [0.2, 0.25) is 0 Å². The summed E-state index contributed by atoms with van der Waals surface area (Å²) in [5.74, 6) is 1.41. The molecule has 0 aromatic rings. The first-order valence-electron chi connectivity index (χ1n) is 4.40. The lowest BCUT2D eigenvalue weighted by Crippen LogP contribution is -2.58. The van der Waals surface area contributed by atoms with Crippen molar-refractivity contribution in [3.8, 4) is 0 Å². The normalized spacial score (nSPS) is 48.3. The van der Waals surface area contributed by atoms with Crippen LogP contribution in [0, 0.1) is 17.3 Å². The summed E-state index contributed by atoms with van der Waals surface area (Å²) in [6, 6.07) is 0. The summed E-state index contributed by atoms with van der Waals surface area (Å²) in [6.45, 7) is 5.96. The number of fused-ring (bicyclic) bond motifs is 2. The largest absolute Gasteiger partial charge is 0.298 e. The number of carbonyl (C=O) groups is 1. The quantitative estimate of drug-likeness (QED) is 0.523. The van der Waals surface area contributed by atoms with Crippen LogP contribution in [0.4, 0.5) is 0 Å². The first-order chi connectivity index (χ1) is 5.22. The molecule has 60 valence electrons. The lowest BCUT2D eigenvalue weighted by molar-refractivity contribution is -0.156. The first-order valence-corrected chi connectivity index (χ1v) is 4.40. The van der Waals surface area contributed by atoms with Crippen LogP contribution in [0.5, 0.6) is 0 Å². The molecule has 0 aliphatic heterocycles. The van der Waals surface area contributed by atoms with E-state index in [-0.39, 0.29) is 5.41 Å². The SMILES string of the molecule is C=CC12CCCC(C1=O)C2C. The number of ketones is 1. The third kappa shape index (κ3) is 0.597.